The van der Waals surface area contributed by atoms with Gasteiger partial charge in [0.15, 0.2) is 5.96 Å². The van der Waals surface area contributed by atoms with Gasteiger partial charge in [0.1, 0.15) is 6.26 Å². The number of aryl methyl sites for hydroxylation is 1. The van der Waals surface area contributed by atoms with Crippen molar-refractivity contribution < 1.29 is 4.42 Å². The van der Waals surface area contributed by atoms with E-state index >= 15 is 0 Å². The van der Waals surface area contributed by atoms with Crippen LogP contribution in [-0.2, 0) is 6.54 Å². The van der Waals surface area contributed by atoms with Gasteiger partial charge in [-0.2, -0.15) is 0 Å². The molecule has 7 heteroatoms. The highest BCUT2D eigenvalue weighted by molar-refractivity contribution is 14.0. The van der Waals surface area contributed by atoms with Gasteiger partial charge in [-0.1, -0.05) is 17.7 Å². The molecule has 28 heavy (non-hydrogen) atoms. The summed E-state index contributed by atoms with van der Waals surface area (Å²) in [7, 11) is 1.79. The molecule has 2 N–H and O–H groups in total. The maximum Gasteiger partial charge on any atom is 0.226 e. The summed E-state index contributed by atoms with van der Waals surface area (Å²) in [5, 5.41) is 6.67. The van der Waals surface area contributed by atoms with E-state index in [1.807, 2.05) is 12.1 Å². The molecule has 1 aromatic carbocycles. The Balaban J connectivity index is 0.00000280. The fourth-order valence-corrected chi connectivity index (χ4v) is 3.29. The Labute approximate surface area is 185 Å². The molecular formula is C21H32IN5O. The second kappa shape index (κ2) is 12.1. The van der Waals surface area contributed by atoms with E-state index < -0.39 is 0 Å². The van der Waals surface area contributed by atoms with Crippen LogP contribution in [0.1, 0.15) is 36.9 Å². The van der Waals surface area contributed by atoms with Crippen LogP contribution in [0.4, 0.5) is 0 Å². The van der Waals surface area contributed by atoms with Gasteiger partial charge < -0.3 is 20.0 Å². The lowest BCUT2D eigenvalue weighted by Crippen LogP contribution is -2.37. The Bertz CT molecular complexity index is 723. The van der Waals surface area contributed by atoms with Crippen LogP contribution in [0.25, 0.3) is 11.5 Å². The van der Waals surface area contributed by atoms with E-state index in [-0.39, 0.29) is 24.0 Å². The summed E-state index contributed by atoms with van der Waals surface area (Å²) in [4.78, 5) is 11.4. The fraction of sp³-hybridized carbons (Fsp3) is 0.524. The van der Waals surface area contributed by atoms with E-state index in [1.54, 1.807) is 13.3 Å². The lowest BCUT2D eigenvalue weighted by atomic mass is 10.1. The third-order valence-electron chi connectivity index (χ3n) is 4.90. The maximum atomic E-state index is 5.60. The number of hydrogen-bond acceptors (Lipinski definition) is 4. The van der Waals surface area contributed by atoms with Gasteiger partial charge in [0.2, 0.25) is 5.89 Å². The summed E-state index contributed by atoms with van der Waals surface area (Å²) in [6.07, 6.45) is 6.81. The van der Waals surface area contributed by atoms with E-state index in [1.165, 1.54) is 44.5 Å². The third kappa shape index (κ3) is 7.09. The number of hydrogen-bond donors (Lipinski definition) is 2. The molecule has 0 radical (unpaired) electrons. The molecule has 2 heterocycles. The van der Waals surface area contributed by atoms with Gasteiger partial charge >= 0.3 is 0 Å². The lowest BCUT2D eigenvalue weighted by Gasteiger charge is -2.15. The quantitative estimate of drug-likeness (QED) is 0.251. The lowest BCUT2D eigenvalue weighted by molar-refractivity contribution is 0.330. The number of rotatable bonds is 8. The van der Waals surface area contributed by atoms with Crippen molar-refractivity contribution in [3.8, 4) is 11.5 Å². The van der Waals surface area contributed by atoms with Gasteiger partial charge in [-0.25, -0.2) is 4.98 Å². The SMILES string of the molecule is CN=C(NCCCCN1CCCC1)NCc1coc(-c2ccc(C)cc2)n1.I. The summed E-state index contributed by atoms with van der Waals surface area (Å²) in [5.41, 5.74) is 3.08. The highest BCUT2D eigenvalue weighted by Crippen LogP contribution is 2.18. The van der Waals surface area contributed by atoms with Gasteiger partial charge in [0, 0.05) is 19.2 Å². The second-order valence-corrected chi connectivity index (χ2v) is 7.12. The number of likely N-dealkylation sites (tertiary alicyclic amines) is 1. The summed E-state index contributed by atoms with van der Waals surface area (Å²) in [6, 6.07) is 8.18. The van der Waals surface area contributed by atoms with Crippen molar-refractivity contribution in [2.45, 2.75) is 39.2 Å². The van der Waals surface area contributed by atoms with Crippen molar-refractivity contribution in [1.29, 1.82) is 0 Å². The van der Waals surface area contributed by atoms with Crippen molar-refractivity contribution >= 4 is 29.9 Å². The molecule has 0 amide bonds. The molecule has 6 nitrogen and oxygen atoms in total. The molecule has 1 saturated heterocycles. The van der Waals surface area contributed by atoms with Crippen molar-refractivity contribution in [3.63, 3.8) is 0 Å². The van der Waals surface area contributed by atoms with Crippen LogP contribution in [0.15, 0.2) is 39.9 Å². The molecule has 1 aliphatic heterocycles. The molecular weight excluding hydrogens is 465 g/mol. The van der Waals surface area contributed by atoms with Crippen molar-refractivity contribution in [2.24, 2.45) is 4.99 Å². The number of aromatic nitrogens is 1. The summed E-state index contributed by atoms with van der Waals surface area (Å²) in [6.45, 7) is 7.36. The molecule has 1 aliphatic rings. The molecule has 0 bridgehead atoms. The molecule has 0 atom stereocenters. The Hall–Kier alpha value is -1.61. The zero-order chi connectivity index (χ0) is 18.9. The average molecular weight is 497 g/mol. The van der Waals surface area contributed by atoms with E-state index in [4.69, 9.17) is 4.42 Å². The number of unbranched alkanes of at least 4 members (excludes halogenated alkanes) is 1. The molecule has 1 fully saturated rings. The van der Waals surface area contributed by atoms with Gasteiger partial charge in [-0.15, -0.1) is 24.0 Å². The first kappa shape index (κ1) is 22.7. The van der Waals surface area contributed by atoms with Gasteiger partial charge in [-0.3, -0.25) is 4.99 Å². The molecule has 3 rings (SSSR count). The first-order valence-electron chi connectivity index (χ1n) is 9.93. The Morgan fingerprint density at radius 3 is 2.61 bits per heavy atom. The minimum atomic E-state index is 0. The second-order valence-electron chi connectivity index (χ2n) is 7.12. The van der Waals surface area contributed by atoms with Crippen LogP contribution in [0.3, 0.4) is 0 Å². The third-order valence-corrected chi connectivity index (χ3v) is 4.90. The summed E-state index contributed by atoms with van der Waals surface area (Å²) < 4.78 is 5.60. The monoisotopic (exact) mass is 497 g/mol. The van der Waals surface area contributed by atoms with Crippen LogP contribution in [0, 0.1) is 6.92 Å². The van der Waals surface area contributed by atoms with E-state index in [2.05, 4.69) is 44.6 Å². The van der Waals surface area contributed by atoms with Crippen LogP contribution in [-0.4, -0.2) is 49.1 Å². The van der Waals surface area contributed by atoms with Crippen LogP contribution >= 0.6 is 24.0 Å². The molecule has 154 valence electrons. The standard InChI is InChI=1S/C21H31N5O.HI/c1-17-7-9-18(10-8-17)20-25-19(16-27-20)15-24-21(22-2)23-11-3-4-12-26-13-5-6-14-26;/h7-10,16H,3-6,11-15H2,1-2H3,(H2,22,23,24);1H. The average Bonchev–Trinajstić information content (AvgIpc) is 3.36. The first-order chi connectivity index (χ1) is 13.2. The maximum absolute atomic E-state index is 5.60. The highest BCUT2D eigenvalue weighted by Gasteiger charge is 2.10. The van der Waals surface area contributed by atoms with Gasteiger partial charge in [-0.05, 0) is 64.4 Å². The Morgan fingerprint density at radius 1 is 1.14 bits per heavy atom. The smallest absolute Gasteiger partial charge is 0.226 e. The normalized spacial score (nSPS) is 14.7. The molecule has 0 unspecified atom stereocenters. The number of benzene rings is 1. The minimum absolute atomic E-state index is 0. The summed E-state index contributed by atoms with van der Waals surface area (Å²) in [5.74, 6) is 1.45. The molecule has 1 aromatic heterocycles. The van der Waals surface area contributed by atoms with Crippen LogP contribution < -0.4 is 10.6 Å². The highest BCUT2D eigenvalue weighted by atomic mass is 127. The van der Waals surface area contributed by atoms with Gasteiger partial charge in [0.25, 0.3) is 0 Å². The van der Waals surface area contributed by atoms with Crippen molar-refractivity contribution in [2.75, 3.05) is 33.2 Å². The van der Waals surface area contributed by atoms with Crippen LogP contribution in [0.5, 0.6) is 0 Å². The number of nitrogens with zero attached hydrogens (tertiary/aromatic N) is 3. The number of aliphatic imine (C=N–C) groups is 1. The zero-order valence-electron chi connectivity index (χ0n) is 16.9. The van der Waals surface area contributed by atoms with Gasteiger partial charge in [0.05, 0.1) is 12.2 Å². The Morgan fingerprint density at radius 2 is 1.89 bits per heavy atom. The molecule has 0 spiro atoms. The van der Waals surface area contributed by atoms with Crippen molar-refractivity contribution in [3.05, 3.63) is 41.8 Å². The number of guanidine groups is 1. The molecule has 0 aliphatic carbocycles. The number of halogens is 1. The minimum Gasteiger partial charge on any atom is -0.444 e. The predicted octanol–water partition coefficient (Wildman–Crippen LogP) is 3.81. The molecule has 2 aromatic rings. The topological polar surface area (TPSA) is 65.7 Å². The van der Waals surface area contributed by atoms with Crippen molar-refractivity contribution in [1.82, 2.24) is 20.5 Å². The van der Waals surface area contributed by atoms with E-state index in [0.29, 0.717) is 12.4 Å². The zero-order valence-corrected chi connectivity index (χ0v) is 19.2. The fourth-order valence-electron chi connectivity index (χ4n) is 3.29. The number of nitrogens with one attached hydrogen (secondary N) is 2. The van der Waals surface area contributed by atoms with E-state index in [9.17, 15) is 0 Å². The predicted molar refractivity (Wildman–Crippen MR) is 125 cm³/mol. The first-order valence-corrected chi connectivity index (χ1v) is 9.93. The van der Waals surface area contributed by atoms with Crippen LogP contribution in [0.2, 0.25) is 0 Å². The molecule has 0 saturated carbocycles. The largest absolute Gasteiger partial charge is 0.444 e. The Kier molecular flexibility index (Phi) is 9.77. The summed E-state index contributed by atoms with van der Waals surface area (Å²) >= 11 is 0. The van der Waals surface area contributed by atoms with E-state index in [0.717, 1.165) is 30.2 Å². The number of oxazole rings is 1.